The van der Waals surface area contributed by atoms with E-state index in [0.29, 0.717) is 5.56 Å². The van der Waals surface area contributed by atoms with Gasteiger partial charge in [0.15, 0.2) is 0 Å². The molecular weight excluding hydrogens is 280 g/mol. The van der Waals surface area contributed by atoms with Crippen molar-refractivity contribution < 1.29 is 34.4 Å². The van der Waals surface area contributed by atoms with Crippen molar-refractivity contribution in [1.82, 2.24) is 0 Å². The molecule has 0 heterocycles. The third-order valence-electron chi connectivity index (χ3n) is 3.04. The van der Waals surface area contributed by atoms with Gasteiger partial charge in [-0.15, -0.1) is 0 Å². The Balaban J connectivity index is 2.99. The van der Waals surface area contributed by atoms with E-state index >= 15 is 0 Å². The number of aliphatic carboxylic acids is 2. The molecule has 0 saturated carbocycles. The van der Waals surface area contributed by atoms with Gasteiger partial charge in [0.1, 0.15) is 6.10 Å². The van der Waals surface area contributed by atoms with Crippen molar-refractivity contribution in [1.29, 1.82) is 0 Å². The average molecular weight is 298 g/mol. The van der Waals surface area contributed by atoms with Crippen LogP contribution >= 0.6 is 0 Å². The van der Waals surface area contributed by atoms with Gasteiger partial charge in [0.05, 0.1) is 13.2 Å². The van der Waals surface area contributed by atoms with Crippen molar-refractivity contribution in [2.45, 2.75) is 18.1 Å². The second-order valence-electron chi connectivity index (χ2n) is 4.45. The number of carboxylic acid groups (broad SMARTS) is 2. The predicted molar refractivity (Wildman–Crippen MR) is 72.0 cm³/mol. The van der Waals surface area contributed by atoms with Crippen LogP contribution in [-0.2, 0) is 25.5 Å². The summed E-state index contributed by atoms with van der Waals surface area (Å²) in [6.07, 6.45) is -1.13. The monoisotopic (exact) mass is 298 g/mol. The van der Waals surface area contributed by atoms with Crippen LogP contribution in [0.3, 0.4) is 0 Å². The highest BCUT2D eigenvalue weighted by molar-refractivity contribution is 6.02. The number of ether oxygens (including phenoxy) is 2. The standard InChI is InChI=1S/C14H18O7/c1-20-11(8-15)9-21-14(12(16)17,13(18)19)7-10-5-3-2-4-6-10/h2-6,11,15H,7-9H2,1H3,(H,16,17)(H,18,19). The Morgan fingerprint density at radius 1 is 1.19 bits per heavy atom. The molecule has 0 bridgehead atoms. The van der Waals surface area contributed by atoms with Gasteiger partial charge in [-0.25, -0.2) is 9.59 Å². The molecule has 0 aliphatic heterocycles. The molecule has 1 unspecified atom stereocenters. The number of methoxy groups -OCH3 is 1. The molecule has 7 heteroatoms. The number of aliphatic hydroxyl groups is 1. The van der Waals surface area contributed by atoms with Crippen molar-refractivity contribution in [2.75, 3.05) is 20.3 Å². The summed E-state index contributed by atoms with van der Waals surface area (Å²) in [6.45, 7) is -0.754. The van der Waals surface area contributed by atoms with Crippen LogP contribution in [-0.4, -0.2) is 59.3 Å². The van der Waals surface area contributed by atoms with Crippen molar-refractivity contribution in [3.05, 3.63) is 35.9 Å². The van der Waals surface area contributed by atoms with Crippen LogP contribution < -0.4 is 0 Å². The SMILES string of the molecule is COC(CO)COC(Cc1ccccc1)(C(=O)O)C(=O)O. The van der Waals surface area contributed by atoms with E-state index in [0.717, 1.165) is 0 Å². The number of aliphatic hydroxyl groups excluding tert-OH is 1. The van der Waals surface area contributed by atoms with E-state index < -0.39 is 30.3 Å². The molecule has 0 saturated heterocycles. The normalized spacial score (nSPS) is 12.9. The van der Waals surface area contributed by atoms with Gasteiger partial charge in [-0.3, -0.25) is 0 Å². The van der Waals surface area contributed by atoms with Gasteiger partial charge >= 0.3 is 11.9 Å². The number of hydrogen-bond acceptors (Lipinski definition) is 5. The fourth-order valence-electron chi connectivity index (χ4n) is 1.73. The summed E-state index contributed by atoms with van der Waals surface area (Å²) in [4.78, 5) is 22.9. The lowest BCUT2D eigenvalue weighted by molar-refractivity contribution is -0.188. The van der Waals surface area contributed by atoms with Gasteiger partial charge < -0.3 is 24.8 Å². The van der Waals surface area contributed by atoms with Gasteiger partial charge in [0.2, 0.25) is 0 Å². The Kier molecular flexibility index (Phi) is 6.29. The van der Waals surface area contributed by atoms with Crippen LogP contribution in [0, 0.1) is 0 Å². The molecular formula is C14H18O7. The summed E-state index contributed by atoms with van der Waals surface area (Å²) in [7, 11) is 1.31. The Labute approximate surface area is 121 Å². The van der Waals surface area contributed by atoms with E-state index in [2.05, 4.69) is 0 Å². The molecule has 116 valence electrons. The van der Waals surface area contributed by atoms with Crippen LogP contribution in [0.5, 0.6) is 0 Å². The first-order valence-corrected chi connectivity index (χ1v) is 6.24. The van der Waals surface area contributed by atoms with Gasteiger partial charge in [-0.05, 0) is 5.56 Å². The first-order chi connectivity index (χ1) is 9.96. The number of carboxylic acids is 2. The number of benzene rings is 1. The van der Waals surface area contributed by atoms with Crippen molar-refractivity contribution in [2.24, 2.45) is 0 Å². The lowest BCUT2D eigenvalue weighted by Gasteiger charge is -2.27. The highest BCUT2D eigenvalue weighted by atomic mass is 16.6. The maximum absolute atomic E-state index is 11.4. The zero-order valence-electron chi connectivity index (χ0n) is 11.6. The fourth-order valence-corrected chi connectivity index (χ4v) is 1.73. The Bertz CT molecular complexity index is 453. The maximum atomic E-state index is 11.4. The van der Waals surface area contributed by atoms with Crippen LogP contribution in [0.4, 0.5) is 0 Å². The van der Waals surface area contributed by atoms with Crippen LogP contribution in [0.2, 0.25) is 0 Å². The quantitative estimate of drug-likeness (QED) is 0.556. The minimum absolute atomic E-state index is 0.333. The summed E-state index contributed by atoms with van der Waals surface area (Å²) in [5.74, 6) is -3.21. The maximum Gasteiger partial charge on any atom is 0.348 e. The van der Waals surface area contributed by atoms with Gasteiger partial charge in [0, 0.05) is 13.5 Å². The van der Waals surface area contributed by atoms with Crippen LogP contribution in [0.15, 0.2) is 30.3 Å². The van der Waals surface area contributed by atoms with Gasteiger partial charge in [-0.2, -0.15) is 0 Å². The van der Waals surface area contributed by atoms with Crippen molar-refractivity contribution in [3.8, 4) is 0 Å². The van der Waals surface area contributed by atoms with E-state index in [1.165, 1.54) is 7.11 Å². The number of rotatable bonds is 9. The highest BCUT2D eigenvalue weighted by Crippen LogP contribution is 2.20. The zero-order valence-corrected chi connectivity index (χ0v) is 11.6. The van der Waals surface area contributed by atoms with E-state index in [1.54, 1.807) is 30.3 Å². The largest absolute Gasteiger partial charge is 0.479 e. The van der Waals surface area contributed by atoms with E-state index in [1.807, 2.05) is 0 Å². The van der Waals surface area contributed by atoms with Crippen molar-refractivity contribution >= 4 is 11.9 Å². The average Bonchev–Trinajstić information content (AvgIpc) is 2.47. The molecule has 1 rings (SSSR count). The van der Waals surface area contributed by atoms with Gasteiger partial charge in [-0.1, -0.05) is 30.3 Å². The molecule has 7 nitrogen and oxygen atoms in total. The topological polar surface area (TPSA) is 113 Å². The summed E-state index contributed by atoms with van der Waals surface area (Å²) in [5.41, 5.74) is -1.91. The van der Waals surface area contributed by atoms with E-state index in [4.69, 9.17) is 14.6 Å². The van der Waals surface area contributed by atoms with E-state index in [-0.39, 0.29) is 13.0 Å². The highest BCUT2D eigenvalue weighted by Gasteiger charge is 2.48. The summed E-state index contributed by atoms with van der Waals surface area (Å²) >= 11 is 0. The third-order valence-corrected chi connectivity index (χ3v) is 3.04. The minimum atomic E-state index is -2.42. The second kappa shape index (κ2) is 7.72. The molecule has 21 heavy (non-hydrogen) atoms. The predicted octanol–water partition coefficient (Wildman–Crippen LogP) is 0.161. The lowest BCUT2D eigenvalue weighted by atomic mass is 9.94. The molecule has 1 atom stereocenters. The summed E-state index contributed by atoms with van der Waals surface area (Å²) in [5, 5.41) is 27.6. The Morgan fingerprint density at radius 3 is 2.19 bits per heavy atom. The molecule has 0 aliphatic carbocycles. The van der Waals surface area contributed by atoms with Crippen LogP contribution in [0.1, 0.15) is 5.56 Å². The number of hydrogen-bond donors (Lipinski definition) is 3. The molecule has 1 aromatic carbocycles. The first-order valence-electron chi connectivity index (χ1n) is 6.24. The molecule has 0 radical (unpaired) electrons. The Morgan fingerprint density at radius 2 is 1.76 bits per heavy atom. The molecule has 0 aliphatic rings. The number of carbonyl (C=O) groups is 2. The summed E-state index contributed by atoms with van der Waals surface area (Å²) in [6, 6.07) is 8.32. The fraction of sp³-hybridized carbons (Fsp3) is 0.429. The Hall–Kier alpha value is -1.96. The zero-order chi connectivity index (χ0) is 15.9. The minimum Gasteiger partial charge on any atom is -0.479 e. The lowest BCUT2D eigenvalue weighted by Crippen LogP contribution is -2.52. The molecule has 0 amide bonds. The molecule has 3 N–H and O–H groups in total. The first kappa shape index (κ1) is 17.1. The summed E-state index contributed by atoms with van der Waals surface area (Å²) < 4.78 is 9.96. The molecule has 0 aromatic heterocycles. The van der Waals surface area contributed by atoms with Gasteiger partial charge in [0.25, 0.3) is 5.60 Å². The third kappa shape index (κ3) is 4.25. The molecule has 0 spiro atoms. The second-order valence-corrected chi connectivity index (χ2v) is 4.45. The van der Waals surface area contributed by atoms with E-state index in [9.17, 15) is 19.8 Å². The smallest absolute Gasteiger partial charge is 0.348 e. The van der Waals surface area contributed by atoms with Crippen LogP contribution in [0.25, 0.3) is 0 Å². The molecule has 0 fully saturated rings. The van der Waals surface area contributed by atoms with Crippen molar-refractivity contribution in [3.63, 3.8) is 0 Å². The molecule has 1 aromatic rings.